The van der Waals surface area contributed by atoms with E-state index in [1.807, 2.05) is 18.2 Å². The third-order valence-electron chi connectivity index (χ3n) is 5.46. The first kappa shape index (κ1) is 21.8. The van der Waals surface area contributed by atoms with Gasteiger partial charge in [-0.3, -0.25) is 9.10 Å². The largest absolute Gasteiger partial charge is 0.462 e. The van der Waals surface area contributed by atoms with Gasteiger partial charge in [0.1, 0.15) is 0 Å². The number of nitrogens with one attached hydrogen (secondary N) is 1. The van der Waals surface area contributed by atoms with Gasteiger partial charge in [0.2, 0.25) is 5.91 Å². The molecule has 0 radical (unpaired) electrons. The maximum Gasteiger partial charge on any atom is 0.338 e. The summed E-state index contributed by atoms with van der Waals surface area (Å²) < 4.78 is 32.4. The van der Waals surface area contributed by atoms with Crippen LogP contribution in [0.25, 0.3) is 10.8 Å². The number of anilines is 2. The van der Waals surface area contributed by atoms with Crippen LogP contribution < -0.4 is 9.62 Å². The van der Waals surface area contributed by atoms with Crippen LogP contribution in [-0.2, 0) is 19.6 Å². The molecule has 1 amide bonds. The fourth-order valence-corrected chi connectivity index (χ4v) is 5.69. The number of hydrogen-bond donors (Lipinski definition) is 1. The highest BCUT2D eigenvalue weighted by atomic mass is 32.2. The van der Waals surface area contributed by atoms with Gasteiger partial charge in [0.05, 0.1) is 22.8 Å². The molecule has 8 heteroatoms. The van der Waals surface area contributed by atoms with Gasteiger partial charge in [0.25, 0.3) is 10.0 Å². The average Bonchev–Trinajstić information content (AvgIpc) is 2.98. The van der Waals surface area contributed by atoms with Gasteiger partial charge in [-0.1, -0.05) is 24.3 Å². The van der Waals surface area contributed by atoms with Crippen LogP contribution in [0.4, 0.5) is 11.4 Å². The Labute approximate surface area is 187 Å². The lowest BCUT2D eigenvalue weighted by Gasteiger charge is -2.18. The Morgan fingerprint density at radius 3 is 2.53 bits per heavy atom. The van der Waals surface area contributed by atoms with E-state index < -0.39 is 16.0 Å². The normalized spacial score (nSPS) is 13.9. The van der Waals surface area contributed by atoms with Gasteiger partial charge in [0, 0.05) is 24.0 Å². The van der Waals surface area contributed by atoms with E-state index in [4.69, 9.17) is 4.74 Å². The fraction of sp³-hybridized carbons (Fsp3) is 0.250. The van der Waals surface area contributed by atoms with Crippen molar-refractivity contribution in [1.29, 1.82) is 0 Å². The molecule has 1 aliphatic heterocycles. The smallest absolute Gasteiger partial charge is 0.338 e. The van der Waals surface area contributed by atoms with E-state index in [1.165, 1.54) is 4.31 Å². The molecule has 0 spiro atoms. The van der Waals surface area contributed by atoms with Gasteiger partial charge >= 0.3 is 5.97 Å². The van der Waals surface area contributed by atoms with E-state index >= 15 is 0 Å². The highest BCUT2D eigenvalue weighted by Gasteiger charge is 2.35. The average molecular weight is 453 g/mol. The van der Waals surface area contributed by atoms with Crippen molar-refractivity contribution >= 4 is 44.0 Å². The van der Waals surface area contributed by atoms with Crippen LogP contribution in [0, 0.1) is 6.92 Å². The summed E-state index contributed by atoms with van der Waals surface area (Å²) in [6.45, 7) is 4.05. The van der Waals surface area contributed by atoms with E-state index in [1.54, 1.807) is 50.2 Å². The first-order chi connectivity index (χ1) is 15.3. The first-order valence-corrected chi connectivity index (χ1v) is 11.9. The number of benzene rings is 3. The summed E-state index contributed by atoms with van der Waals surface area (Å²) in [5.74, 6) is -0.624. The Balaban J connectivity index is 1.40. The summed E-state index contributed by atoms with van der Waals surface area (Å²) in [5.41, 5.74) is 2.43. The topological polar surface area (TPSA) is 92.8 Å². The predicted octanol–water partition coefficient (Wildman–Crippen LogP) is 4.25. The van der Waals surface area contributed by atoms with Crippen molar-refractivity contribution in [2.24, 2.45) is 0 Å². The molecule has 3 aromatic rings. The minimum Gasteiger partial charge on any atom is -0.462 e. The van der Waals surface area contributed by atoms with Crippen LogP contribution in [0.2, 0.25) is 0 Å². The number of rotatable bonds is 7. The van der Waals surface area contributed by atoms with Gasteiger partial charge in [0.15, 0.2) is 0 Å². The third kappa shape index (κ3) is 3.93. The van der Waals surface area contributed by atoms with Gasteiger partial charge in [-0.25, -0.2) is 13.2 Å². The molecule has 166 valence electrons. The van der Waals surface area contributed by atoms with Crippen molar-refractivity contribution in [2.45, 2.75) is 31.6 Å². The van der Waals surface area contributed by atoms with Crippen LogP contribution in [0.15, 0.2) is 59.5 Å². The molecular weight excluding hydrogens is 428 g/mol. The number of carbonyl (C=O) groups excluding carboxylic acids is 2. The second-order valence-corrected chi connectivity index (χ2v) is 9.44. The number of carbonyl (C=O) groups is 2. The Morgan fingerprint density at radius 2 is 1.81 bits per heavy atom. The minimum atomic E-state index is -3.62. The number of ether oxygens (including phenoxy) is 1. The van der Waals surface area contributed by atoms with Gasteiger partial charge in [-0.15, -0.1) is 0 Å². The van der Waals surface area contributed by atoms with Crippen molar-refractivity contribution in [3.8, 4) is 0 Å². The van der Waals surface area contributed by atoms with Crippen LogP contribution in [0.3, 0.4) is 0 Å². The predicted molar refractivity (Wildman–Crippen MR) is 123 cm³/mol. The molecule has 0 aliphatic carbocycles. The maximum absolute atomic E-state index is 13.0. The molecule has 7 nitrogen and oxygen atoms in total. The molecule has 1 heterocycles. The highest BCUT2D eigenvalue weighted by Crippen LogP contribution is 2.41. The van der Waals surface area contributed by atoms with Crippen molar-refractivity contribution in [2.75, 3.05) is 22.8 Å². The molecule has 0 saturated carbocycles. The fourth-order valence-electron chi connectivity index (χ4n) is 3.94. The number of sulfonamides is 1. The first-order valence-electron chi connectivity index (χ1n) is 10.4. The lowest BCUT2D eigenvalue weighted by Crippen LogP contribution is -2.29. The Bertz CT molecular complexity index is 1310. The highest BCUT2D eigenvalue weighted by molar-refractivity contribution is 7.93. The summed E-state index contributed by atoms with van der Waals surface area (Å²) in [6.07, 6.45) is 0.535. The van der Waals surface area contributed by atoms with Gasteiger partial charge in [-0.05, 0) is 61.5 Å². The lowest BCUT2D eigenvalue weighted by molar-refractivity contribution is -0.116. The summed E-state index contributed by atoms with van der Waals surface area (Å²) in [7, 11) is -3.62. The van der Waals surface area contributed by atoms with Crippen LogP contribution >= 0.6 is 0 Å². The summed E-state index contributed by atoms with van der Waals surface area (Å²) in [5, 5.41) is 4.45. The zero-order chi connectivity index (χ0) is 22.9. The number of esters is 1. The SMILES string of the molecule is CCOC(=O)c1ccc(NC(=O)CCCN2c3cccc4cccc(c34)S2(=O)=O)c(C)c1. The Morgan fingerprint density at radius 1 is 1.06 bits per heavy atom. The van der Waals surface area contributed by atoms with Crippen molar-refractivity contribution < 1.29 is 22.7 Å². The van der Waals surface area contributed by atoms with E-state index in [0.717, 1.165) is 16.3 Å². The molecule has 1 N–H and O–H groups in total. The van der Waals surface area contributed by atoms with Crippen LogP contribution in [-0.4, -0.2) is 33.4 Å². The Hall–Kier alpha value is -3.39. The van der Waals surface area contributed by atoms with Crippen molar-refractivity contribution in [1.82, 2.24) is 0 Å². The molecule has 1 aliphatic rings. The third-order valence-corrected chi connectivity index (χ3v) is 7.31. The molecule has 0 aromatic heterocycles. The summed E-state index contributed by atoms with van der Waals surface area (Å²) in [6, 6.07) is 15.7. The molecule has 32 heavy (non-hydrogen) atoms. The molecule has 3 aromatic carbocycles. The molecular formula is C24H24N2O5S. The monoisotopic (exact) mass is 452 g/mol. The Kier molecular flexibility index (Phi) is 5.88. The van der Waals surface area contributed by atoms with E-state index in [0.29, 0.717) is 34.9 Å². The van der Waals surface area contributed by atoms with Gasteiger partial charge in [-0.2, -0.15) is 0 Å². The number of amides is 1. The summed E-state index contributed by atoms with van der Waals surface area (Å²) >= 11 is 0. The van der Waals surface area contributed by atoms with E-state index in [2.05, 4.69) is 5.32 Å². The number of hydrogen-bond acceptors (Lipinski definition) is 5. The van der Waals surface area contributed by atoms with Crippen LogP contribution in [0.5, 0.6) is 0 Å². The zero-order valence-corrected chi connectivity index (χ0v) is 18.7. The lowest BCUT2D eigenvalue weighted by atomic mass is 10.1. The maximum atomic E-state index is 13.0. The molecule has 0 fully saturated rings. The van der Waals surface area contributed by atoms with E-state index in [9.17, 15) is 18.0 Å². The van der Waals surface area contributed by atoms with Crippen molar-refractivity contribution in [3.05, 3.63) is 65.7 Å². The molecule has 0 bridgehead atoms. The second kappa shape index (κ2) is 8.63. The quantitative estimate of drug-likeness (QED) is 0.541. The van der Waals surface area contributed by atoms with E-state index in [-0.39, 0.29) is 18.9 Å². The number of nitrogens with zero attached hydrogens (tertiary/aromatic N) is 1. The number of aryl methyl sites for hydroxylation is 1. The van der Waals surface area contributed by atoms with Crippen LogP contribution in [0.1, 0.15) is 35.7 Å². The molecule has 0 unspecified atom stereocenters. The van der Waals surface area contributed by atoms with Crippen molar-refractivity contribution in [3.63, 3.8) is 0 Å². The molecule has 0 saturated heterocycles. The standard InChI is InChI=1S/C24H24N2O5S/c1-3-31-24(28)18-12-13-19(16(2)15-18)25-22(27)11-6-14-26-20-9-4-7-17-8-5-10-21(23(17)20)32(26,29)30/h4-5,7-10,12-13,15H,3,6,11,14H2,1-2H3,(H,25,27). The minimum absolute atomic E-state index is 0.164. The molecule has 4 rings (SSSR count). The van der Waals surface area contributed by atoms with Gasteiger partial charge < -0.3 is 10.1 Å². The molecule has 0 atom stereocenters. The zero-order valence-electron chi connectivity index (χ0n) is 17.9. The summed E-state index contributed by atoms with van der Waals surface area (Å²) in [4.78, 5) is 24.6. The second-order valence-electron chi connectivity index (χ2n) is 7.61.